The first kappa shape index (κ1) is 18.0. The fourth-order valence-corrected chi connectivity index (χ4v) is 2.94. The zero-order valence-corrected chi connectivity index (χ0v) is 14.3. The molecule has 7 heteroatoms. The summed E-state index contributed by atoms with van der Waals surface area (Å²) in [6, 6.07) is 10.1. The van der Waals surface area contributed by atoms with E-state index in [1.165, 1.54) is 15.9 Å². The summed E-state index contributed by atoms with van der Waals surface area (Å²) in [5, 5.41) is 0. The van der Waals surface area contributed by atoms with Crippen LogP contribution in [0.1, 0.15) is 27.0 Å². The van der Waals surface area contributed by atoms with Gasteiger partial charge in [0.25, 0.3) is 5.91 Å². The van der Waals surface area contributed by atoms with Gasteiger partial charge < -0.3 is 9.80 Å². The highest BCUT2D eigenvalue weighted by Crippen LogP contribution is 2.31. The zero-order chi connectivity index (χ0) is 19.1. The number of carbonyl (C=O) groups is 2. The molecule has 4 nitrogen and oxygen atoms in total. The highest BCUT2D eigenvalue weighted by atomic mass is 19.4. The Morgan fingerprint density at radius 1 is 1.08 bits per heavy atom. The van der Waals surface area contributed by atoms with Gasteiger partial charge in [-0.2, -0.15) is 13.2 Å². The fraction of sp³-hybridized carbons (Fsp3) is 0.263. The van der Waals surface area contributed by atoms with E-state index in [-0.39, 0.29) is 24.9 Å². The molecule has 3 rings (SSSR count). The first-order valence-corrected chi connectivity index (χ1v) is 8.00. The van der Waals surface area contributed by atoms with Gasteiger partial charge in [-0.3, -0.25) is 9.59 Å². The Bertz CT molecular complexity index is 877. The lowest BCUT2D eigenvalue weighted by atomic mass is 10.0. The Hall–Kier alpha value is -2.83. The molecule has 0 N–H and O–H groups in total. The summed E-state index contributed by atoms with van der Waals surface area (Å²) < 4.78 is 39.0. The number of hydrogen-bond donors (Lipinski definition) is 0. The number of halogens is 3. The van der Waals surface area contributed by atoms with E-state index in [4.69, 9.17) is 0 Å². The minimum absolute atomic E-state index is 0.0670. The highest BCUT2D eigenvalue weighted by molar-refractivity contribution is 6.09. The quantitative estimate of drug-likeness (QED) is 0.819. The number of benzene rings is 2. The SMILES string of the molecule is Cc1ccc(C(F)(F)F)cc1CN1CC(=O)N(C)c2ccccc2C1=O. The molecule has 0 spiro atoms. The van der Waals surface area contributed by atoms with E-state index in [1.54, 1.807) is 38.2 Å². The van der Waals surface area contributed by atoms with E-state index < -0.39 is 11.7 Å². The molecule has 0 atom stereocenters. The van der Waals surface area contributed by atoms with Gasteiger partial charge in [0.05, 0.1) is 16.8 Å². The maximum Gasteiger partial charge on any atom is 0.416 e. The maximum absolute atomic E-state index is 13.0. The van der Waals surface area contributed by atoms with E-state index in [2.05, 4.69) is 0 Å². The minimum Gasteiger partial charge on any atom is -0.325 e. The summed E-state index contributed by atoms with van der Waals surface area (Å²) in [4.78, 5) is 27.9. The van der Waals surface area contributed by atoms with Gasteiger partial charge in [-0.25, -0.2) is 0 Å². The number of anilines is 1. The molecule has 1 aliphatic heterocycles. The number of nitrogens with zero attached hydrogens (tertiary/aromatic N) is 2. The molecule has 2 amide bonds. The van der Waals surface area contributed by atoms with E-state index in [0.717, 1.165) is 12.1 Å². The number of aryl methyl sites for hydroxylation is 1. The molecule has 0 saturated heterocycles. The standard InChI is InChI=1S/C19H17F3N2O2/c1-12-7-8-14(19(20,21)22)9-13(12)10-24-11-17(25)23(2)16-6-4-3-5-15(16)18(24)26/h3-9H,10-11H2,1-2H3. The largest absolute Gasteiger partial charge is 0.416 e. The molecule has 0 radical (unpaired) electrons. The van der Waals surface area contributed by atoms with Crippen molar-refractivity contribution < 1.29 is 22.8 Å². The number of likely N-dealkylation sites (N-methyl/N-ethyl adjacent to an activating group) is 1. The average molecular weight is 362 g/mol. The second-order valence-electron chi connectivity index (χ2n) is 6.27. The first-order valence-electron chi connectivity index (χ1n) is 8.00. The van der Waals surface area contributed by atoms with Gasteiger partial charge >= 0.3 is 6.18 Å². The maximum atomic E-state index is 13.0. The van der Waals surface area contributed by atoms with E-state index in [0.29, 0.717) is 22.4 Å². The molecule has 0 fully saturated rings. The normalized spacial score (nSPS) is 15.1. The Balaban J connectivity index is 1.98. The number of rotatable bonds is 2. The van der Waals surface area contributed by atoms with Gasteiger partial charge in [0.1, 0.15) is 6.54 Å². The number of carbonyl (C=O) groups excluding carboxylic acids is 2. The summed E-state index contributed by atoms with van der Waals surface area (Å²) in [5.74, 6) is -0.678. The Labute approximate surface area is 148 Å². The van der Waals surface area contributed by atoms with Crippen LogP contribution >= 0.6 is 0 Å². The monoisotopic (exact) mass is 362 g/mol. The van der Waals surface area contributed by atoms with Crippen molar-refractivity contribution >= 4 is 17.5 Å². The summed E-state index contributed by atoms with van der Waals surface area (Å²) >= 11 is 0. The topological polar surface area (TPSA) is 40.6 Å². The number of hydrogen-bond acceptors (Lipinski definition) is 2. The van der Waals surface area contributed by atoms with Gasteiger partial charge in [0.15, 0.2) is 0 Å². The molecule has 0 saturated carbocycles. The fourth-order valence-electron chi connectivity index (χ4n) is 2.94. The van der Waals surface area contributed by atoms with Crippen LogP contribution in [-0.2, 0) is 17.5 Å². The van der Waals surface area contributed by atoms with Crippen LogP contribution in [0.3, 0.4) is 0 Å². The molecular formula is C19H17F3N2O2. The molecule has 0 aromatic heterocycles. The van der Waals surface area contributed by atoms with Crippen LogP contribution in [0.15, 0.2) is 42.5 Å². The molecule has 0 aliphatic carbocycles. The van der Waals surface area contributed by atoms with Crippen LogP contribution in [0, 0.1) is 6.92 Å². The smallest absolute Gasteiger partial charge is 0.325 e. The third-order valence-electron chi connectivity index (χ3n) is 4.52. The van der Waals surface area contributed by atoms with Gasteiger partial charge in [0, 0.05) is 13.6 Å². The Kier molecular flexibility index (Phi) is 4.48. The van der Waals surface area contributed by atoms with Gasteiger partial charge in [0.2, 0.25) is 5.91 Å². The summed E-state index contributed by atoms with van der Waals surface area (Å²) in [5.41, 5.74) is 1.06. The summed E-state index contributed by atoms with van der Waals surface area (Å²) in [7, 11) is 1.58. The van der Waals surface area contributed by atoms with E-state index in [1.807, 2.05) is 0 Å². The molecule has 136 valence electrons. The van der Waals surface area contributed by atoms with Crippen molar-refractivity contribution in [3.63, 3.8) is 0 Å². The number of para-hydroxylation sites is 1. The first-order chi connectivity index (χ1) is 12.2. The van der Waals surface area contributed by atoms with Crippen molar-refractivity contribution in [2.24, 2.45) is 0 Å². The van der Waals surface area contributed by atoms with Crippen molar-refractivity contribution in [1.29, 1.82) is 0 Å². The molecule has 0 bridgehead atoms. The van der Waals surface area contributed by atoms with Crippen LogP contribution in [0.4, 0.5) is 18.9 Å². The molecular weight excluding hydrogens is 345 g/mol. The van der Waals surface area contributed by atoms with Gasteiger partial charge in [-0.1, -0.05) is 18.2 Å². The lowest BCUT2D eigenvalue weighted by Crippen LogP contribution is -2.37. The molecule has 1 aliphatic rings. The third-order valence-corrected chi connectivity index (χ3v) is 4.52. The van der Waals surface area contributed by atoms with Crippen molar-refractivity contribution in [3.05, 3.63) is 64.7 Å². The van der Waals surface area contributed by atoms with Crippen LogP contribution in [0.2, 0.25) is 0 Å². The van der Waals surface area contributed by atoms with Crippen LogP contribution < -0.4 is 4.90 Å². The minimum atomic E-state index is -4.46. The summed E-state index contributed by atoms with van der Waals surface area (Å²) in [6.45, 7) is 1.42. The summed E-state index contributed by atoms with van der Waals surface area (Å²) in [6.07, 6.45) is -4.46. The molecule has 0 unspecified atom stereocenters. The van der Waals surface area contributed by atoms with E-state index in [9.17, 15) is 22.8 Å². The molecule has 26 heavy (non-hydrogen) atoms. The number of fused-ring (bicyclic) bond motifs is 1. The average Bonchev–Trinajstić information content (AvgIpc) is 2.68. The van der Waals surface area contributed by atoms with Crippen molar-refractivity contribution in [3.8, 4) is 0 Å². The number of amides is 2. The lowest BCUT2D eigenvalue weighted by Gasteiger charge is -2.22. The second kappa shape index (κ2) is 6.48. The van der Waals surface area contributed by atoms with Crippen LogP contribution in [-0.4, -0.2) is 30.3 Å². The van der Waals surface area contributed by atoms with E-state index >= 15 is 0 Å². The molecule has 1 heterocycles. The molecule has 2 aromatic carbocycles. The van der Waals surface area contributed by atoms with Crippen molar-refractivity contribution in [2.45, 2.75) is 19.6 Å². The van der Waals surface area contributed by atoms with Crippen LogP contribution in [0.25, 0.3) is 0 Å². The van der Waals surface area contributed by atoms with Gasteiger partial charge in [-0.15, -0.1) is 0 Å². The zero-order valence-electron chi connectivity index (χ0n) is 14.3. The second-order valence-corrected chi connectivity index (χ2v) is 6.27. The predicted octanol–water partition coefficient (Wildman–Crippen LogP) is 3.63. The lowest BCUT2D eigenvalue weighted by molar-refractivity contribution is -0.137. The highest BCUT2D eigenvalue weighted by Gasteiger charge is 2.32. The Morgan fingerprint density at radius 3 is 2.46 bits per heavy atom. The third kappa shape index (κ3) is 3.29. The van der Waals surface area contributed by atoms with Crippen molar-refractivity contribution in [1.82, 2.24) is 4.90 Å². The van der Waals surface area contributed by atoms with Gasteiger partial charge in [-0.05, 0) is 42.3 Å². The van der Waals surface area contributed by atoms with Crippen LogP contribution in [0.5, 0.6) is 0 Å². The number of alkyl halides is 3. The predicted molar refractivity (Wildman–Crippen MR) is 90.8 cm³/mol. The molecule has 2 aromatic rings. The Morgan fingerprint density at radius 2 is 1.77 bits per heavy atom. The van der Waals surface area contributed by atoms with Crippen molar-refractivity contribution in [2.75, 3.05) is 18.5 Å².